The molecule has 9 amide bonds. The summed E-state index contributed by atoms with van der Waals surface area (Å²) in [5.41, 5.74) is 10.8. The monoisotopic (exact) mass is 1510 g/mol. The second-order valence-corrected chi connectivity index (χ2v) is 29.5. The second kappa shape index (κ2) is 43.9. The molecule has 0 aliphatic carbocycles. The van der Waals surface area contributed by atoms with Crippen LogP contribution in [0.15, 0.2) is 120 Å². The lowest BCUT2D eigenvalue weighted by Crippen LogP contribution is -2.60. The smallest absolute Gasteiger partial charge is 0.410 e. The van der Waals surface area contributed by atoms with Gasteiger partial charge in [-0.1, -0.05) is 175 Å². The molecule has 13 atom stereocenters. The van der Waals surface area contributed by atoms with Gasteiger partial charge in [0.2, 0.25) is 41.4 Å². The minimum absolute atomic E-state index is 0.110. The summed E-state index contributed by atoms with van der Waals surface area (Å²) < 4.78 is 28.1. The van der Waals surface area contributed by atoms with Crippen LogP contribution in [0.3, 0.4) is 0 Å². The number of Topliss-reactive ketones (excluding diaryl/α,β-unsaturated/α-hetero) is 1. The molecule has 1 aliphatic heterocycles. The van der Waals surface area contributed by atoms with Crippen LogP contribution in [0.1, 0.15) is 161 Å². The van der Waals surface area contributed by atoms with Crippen LogP contribution in [-0.2, 0) is 79.9 Å². The number of ether oxygens (including phenoxy) is 5. The van der Waals surface area contributed by atoms with Gasteiger partial charge < -0.3 is 70.5 Å². The standard InChI is InChI=1S/C80H114N12O17/c1-17-50(6)70(62(105-14)45-64(95)92-43-27-34-60(92)72(107-16)51(7)73(98)84-52(8)71(97)57-32-25-20-26-33-57)90(12)77(102)67(48(2)3)87-76(101)69(49(4)5)91(13)79(104)108-47-54-37-35-53(36-38-54)44-61(93)58(41-42-82-78(103)109-80(9,10)11)86-75(100)68(66(55-28-21-18-22-29-55)56-30-23-19-24-31-56)88-74(99)59(39-40-65(96)106-15)85-63(94)46-83-89-81/h18-26,28-33,35-38,48-52,58-60,62,66-72,97H,17,27,34,39-47H2,1-16H3,(H,82,103)(H,84,98)(H,85,94)(H,86,100)(H,87,101)(H,88,99)/t50-,51+,52+,58-,59-,60-,62+,67-,68-,69-,70-,71+,72+/m0/s1. The minimum atomic E-state index is -1.51. The number of carbonyl (C=O) groups excluding carboxylic acids is 11. The van der Waals surface area contributed by atoms with E-state index in [0.717, 1.165) is 12.0 Å². The van der Waals surface area contributed by atoms with E-state index in [4.69, 9.17) is 29.2 Å². The molecule has 1 saturated heterocycles. The summed E-state index contributed by atoms with van der Waals surface area (Å²) >= 11 is 0. The highest BCUT2D eigenvalue weighted by atomic mass is 16.6. The summed E-state index contributed by atoms with van der Waals surface area (Å²) in [5.74, 6) is -8.20. The number of benzene rings is 4. The van der Waals surface area contributed by atoms with E-state index in [-0.39, 0.29) is 63.0 Å². The molecule has 0 saturated carbocycles. The molecule has 0 bridgehead atoms. The molecule has 5 rings (SSSR count). The van der Waals surface area contributed by atoms with Crippen molar-refractivity contribution in [1.82, 2.24) is 46.6 Å². The van der Waals surface area contributed by atoms with Crippen molar-refractivity contribution in [1.29, 1.82) is 0 Å². The normalized spacial score (nSPS) is 16.1. The number of hydrogen-bond donors (Lipinski definition) is 7. The molecule has 0 aromatic heterocycles. The molecule has 0 unspecified atom stereocenters. The van der Waals surface area contributed by atoms with Gasteiger partial charge in [0.15, 0.2) is 5.78 Å². The quantitative estimate of drug-likeness (QED) is 0.00724. The number of ketones is 1. The van der Waals surface area contributed by atoms with Crippen molar-refractivity contribution in [2.24, 2.45) is 28.8 Å². The zero-order chi connectivity index (χ0) is 80.8. The zero-order valence-electron chi connectivity index (χ0n) is 65.9. The predicted molar refractivity (Wildman–Crippen MR) is 408 cm³/mol. The number of likely N-dealkylation sites (N-methyl/N-ethyl adjacent to an activating group) is 2. The van der Waals surface area contributed by atoms with Gasteiger partial charge in [0, 0.05) is 65.1 Å². The van der Waals surface area contributed by atoms with Gasteiger partial charge in [-0.15, -0.1) is 0 Å². The molecular weight excluding hydrogens is 1400 g/mol. The maximum Gasteiger partial charge on any atom is 0.410 e. The van der Waals surface area contributed by atoms with Crippen molar-refractivity contribution in [2.75, 3.05) is 55.1 Å². The molecule has 7 N–H and O–H groups in total. The van der Waals surface area contributed by atoms with Gasteiger partial charge in [0.1, 0.15) is 42.9 Å². The fourth-order valence-electron chi connectivity index (χ4n) is 13.6. The van der Waals surface area contributed by atoms with Crippen molar-refractivity contribution in [3.63, 3.8) is 0 Å². The summed E-state index contributed by atoms with van der Waals surface area (Å²) in [6.07, 6.45) is -3.37. The summed E-state index contributed by atoms with van der Waals surface area (Å²) in [4.78, 5) is 162. The van der Waals surface area contributed by atoms with Crippen molar-refractivity contribution >= 4 is 65.3 Å². The Labute approximate surface area is 640 Å². The molecule has 29 heteroatoms. The SMILES string of the molecule is CC[C@H](C)[C@@H]([C@@H](CC(=O)N1CCC[C@H]1[C@H](OC)[C@@H](C)C(=O)N[C@H](C)[C@@H](O)c1ccccc1)OC)N(C)C(=O)[C@@H](NC(=O)[C@H](C(C)C)N(C)C(=O)OCc1ccc(CC(=O)[C@H](CCNC(=O)OC(C)(C)C)NC(=O)[C@@H](NC(=O)[C@H](CCC(=O)OC)NC(=O)CN=[N+]=[N-])C(c2ccccc2)c2ccccc2)cc1)C(C)C. The number of carbonyl (C=O) groups is 11. The Morgan fingerprint density at radius 2 is 1.25 bits per heavy atom. The number of alkyl carbamates (subject to hydrolysis) is 1. The molecule has 1 fully saturated rings. The van der Waals surface area contributed by atoms with Crippen LogP contribution in [0.4, 0.5) is 9.59 Å². The first-order chi connectivity index (χ1) is 51.7. The van der Waals surface area contributed by atoms with E-state index in [9.17, 15) is 53.1 Å². The van der Waals surface area contributed by atoms with Crippen molar-refractivity contribution < 1.29 is 81.5 Å². The van der Waals surface area contributed by atoms with Gasteiger partial charge in [0.25, 0.3) is 0 Å². The second-order valence-electron chi connectivity index (χ2n) is 29.5. The first-order valence-electron chi connectivity index (χ1n) is 37.2. The molecule has 4 aromatic carbocycles. The van der Waals surface area contributed by atoms with Gasteiger partial charge in [-0.3, -0.25) is 48.1 Å². The number of hydrogen-bond acceptors (Lipinski definition) is 18. The van der Waals surface area contributed by atoms with Gasteiger partial charge >= 0.3 is 18.2 Å². The maximum atomic E-state index is 15.2. The third kappa shape index (κ3) is 27.0. The summed E-state index contributed by atoms with van der Waals surface area (Å²) in [7, 11) is 7.20. The van der Waals surface area contributed by atoms with Gasteiger partial charge in [-0.2, -0.15) is 0 Å². The lowest BCUT2D eigenvalue weighted by molar-refractivity contribution is -0.148. The van der Waals surface area contributed by atoms with Gasteiger partial charge in [0.05, 0.1) is 61.9 Å². The molecule has 1 aliphatic rings. The molecule has 29 nitrogen and oxygen atoms in total. The van der Waals surface area contributed by atoms with E-state index >= 15 is 4.79 Å². The Bertz CT molecular complexity index is 3650. The van der Waals surface area contributed by atoms with E-state index in [1.807, 2.05) is 32.0 Å². The highest BCUT2D eigenvalue weighted by Gasteiger charge is 2.45. The highest BCUT2D eigenvalue weighted by Crippen LogP contribution is 2.32. The number of nitrogens with one attached hydrogen (secondary N) is 6. The number of rotatable bonds is 41. The van der Waals surface area contributed by atoms with E-state index in [0.29, 0.717) is 53.6 Å². The third-order valence-corrected chi connectivity index (χ3v) is 19.7. The van der Waals surface area contributed by atoms with Crippen molar-refractivity contribution in [3.05, 3.63) is 154 Å². The summed E-state index contributed by atoms with van der Waals surface area (Å²) in [6, 6.07) is 24.9. The summed E-state index contributed by atoms with van der Waals surface area (Å²) in [5, 5.41) is 30.9. The van der Waals surface area contributed by atoms with Crippen LogP contribution in [0.25, 0.3) is 10.4 Å². The van der Waals surface area contributed by atoms with Crippen LogP contribution < -0.4 is 31.9 Å². The number of likely N-dealkylation sites (tertiary alicyclic amines) is 1. The molecule has 4 aromatic rings. The first-order valence-corrected chi connectivity index (χ1v) is 37.2. The Kier molecular flexibility index (Phi) is 36.1. The minimum Gasteiger partial charge on any atom is -0.469 e. The number of azide groups is 1. The van der Waals surface area contributed by atoms with Crippen LogP contribution in [0.2, 0.25) is 0 Å². The Hall–Kier alpha value is -9.96. The topological polar surface area (TPSA) is 385 Å². The predicted octanol–water partition coefficient (Wildman–Crippen LogP) is 8.16. The highest BCUT2D eigenvalue weighted by molar-refractivity contribution is 5.97. The number of esters is 1. The lowest BCUT2D eigenvalue weighted by atomic mass is 9.84. The number of aliphatic hydroxyl groups is 1. The number of nitrogens with zero attached hydrogens (tertiary/aromatic N) is 6. The molecule has 596 valence electrons. The van der Waals surface area contributed by atoms with Crippen LogP contribution >= 0.6 is 0 Å². The fraction of sp³-hybridized carbons (Fsp3) is 0.562. The molecule has 1 heterocycles. The van der Waals surface area contributed by atoms with Crippen LogP contribution in [-0.4, -0.2) is 206 Å². The van der Waals surface area contributed by atoms with Crippen LogP contribution in [0.5, 0.6) is 0 Å². The lowest BCUT2D eigenvalue weighted by Gasteiger charge is -2.41. The Morgan fingerprint density at radius 3 is 1.78 bits per heavy atom. The largest absolute Gasteiger partial charge is 0.469 e. The average molecular weight is 1520 g/mol. The average Bonchev–Trinajstić information content (AvgIpc) is 1.73. The van der Waals surface area contributed by atoms with Crippen molar-refractivity contribution in [2.45, 2.75) is 212 Å². The van der Waals surface area contributed by atoms with E-state index in [2.05, 4.69) is 41.9 Å². The molecule has 0 spiro atoms. The third-order valence-electron chi connectivity index (χ3n) is 19.7. The molecule has 109 heavy (non-hydrogen) atoms. The number of methoxy groups -OCH3 is 3. The molecular formula is C80H114N12O17. The molecule has 0 radical (unpaired) electrons. The van der Waals surface area contributed by atoms with E-state index < -0.39 is 156 Å². The first kappa shape index (κ1) is 89.7. The number of aliphatic hydroxyl groups excluding tert-OH is 1. The number of amides is 9. The van der Waals surface area contributed by atoms with E-state index in [1.54, 1.807) is 171 Å². The van der Waals surface area contributed by atoms with Gasteiger partial charge in [-0.05, 0) is 104 Å². The maximum absolute atomic E-state index is 15.2. The van der Waals surface area contributed by atoms with Crippen LogP contribution in [0, 0.1) is 23.7 Å². The zero-order valence-corrected chi connectivity index (χ0v) is 65.9. The Morgan fingerprint density at radius 1 is 0.670 bits per heavy atom. The van der Waals surface area contributed by atoms with Crippen molar-refractivity contribution in [3.8, 4) is 0 Å². The fourth-order valence-corrected chi connectivity index (χ4v) is 13.6. The van der Waals surface area contributed by atoms with Gasteiger partial charge in [-0.25, -0.2) is 9.59 Å². The summed E-state index contributed by atoms with van der Waals surface area (Å²) in [6.45, 7) is 18.8. The Balaban J connectivity index is 1.31. The van der Waals surface area contributed by atoms with E-state index in [1.165, 1.54) is 26.2 Å².